The molecule has 1 fully saturated rings. The van der Waals surface area contributed by atoms with E-state index < -0.39 is 5.60 Å². The minimum absolute atomic E-state index is 0.0923. The van der Waals surface area contributed by atoms with Crippen LogP contribution < -0.4 is 4.74 Å². The molecule has 1 aromatic carbocycles. The summed E-state index contributed by atoms with van der Waals surface area (Å²) in [5.74, 6) is 1.35. The number of rotatable bonds is 7. The van der Waals surface area contributed by atoms with Gasteiger partial charge in [0, 0.05) is 4.90 Å². The summed E-state index contributed by atoms with van der Waals surface area (Å²) in [6.45, 7) is 5.60. The predicted molar refractivity (Wildman–Crippen MR) is 84.8 cm³/mol. The van der Waals surface area contributed by atoms with Gasteiger partial charge in [-0.25, -0.2) is 0 Å². The second-order valence-electron chi connectivity index (χ2n) is 5.42. The van der Waals surface area contributed by atoms with E-state index in [9.17, 15) is 9.90 Å². The Labute approximate surface area is 130 Å². The van der Waals surface area contributed by atoms with E-state index in [0.717, 1.165) is 23.5 Å². The van der Waals surface area contributed by atoms with Crippen molar-refractivity contribution in [1.82, 2.24) is 4.90 Å². The molecule has 1 aliphatic heterocycles. The number of hydrogen-bond acceptors (Lipinski definition) is 4. The molecular formula is C16H23NO3S. The van der Waals surface area contributed by atoms with Crippen LogP contribution in [0.2, 0.25) is 0 Å². The van der Waals surface area contributed by atoms with Gasteiger partial charge in [-0.2, -0.15) is 0 Å². The van der Waals surface area contributed by atoms with E-state index in [1.165, 1.54) is 11.8 Å². The monoisotopic (exact) mass is 309 g/mol. The molecule has 0 aromatic heterocycles. The van der Waals surface area contributed by atoms with Crippen LogP contribution >= 0.6 is 11.8 Å². The van der Waals surface area contributed by atoms with Gasteiger partial charge in [0.25, 0.3) is 0 Å². The van der Waals surface area contributed by atoms with Crippen molar-refractivity contribution in [1.29, 1.82) is 0 Å². The Kier molecular flexibility index (Phi) is 5.53. The van der Waals surface area contributed by atoms with Crippen molar-refractivity contribution >= 4 is 17.7 Å². The quantitative estimate of drug-likeness (QED) is 0.787. The van der Waals surface area contributed by atoms with Crippen molar-refractivity contribution in [2.45, 2.75) is 37.2 Å². The molecule has 0 spiro atoms. The molecule has 1 aromatic rings. The third-order valence-corrected chi connectivity index (χ3v) is 4.53. The van der Waals surface area contributed by atoms with Gasteiger partial charge in [0.05, 0.1) is 31.1 Å². The number of β-amino-alcohol motifs (C(OH)–C–C–N with tert-alkyl or cyclic N) is 1. The molecule has 116 valence electrons. The fourth-order valence-electron chi connectivity index (χ4n) is 2.50. The molecule has 21 heavy (non-hydrogen) atoms. The molecule has 4 nitrogen and oxygen atoms in total. The van der Waals surface area contributed by atoms with Crippen molar-refractivity contribution in [3.8, 4) is 5.75 Å². The smallest absolute Gasteiger partial charge is 0.233 e. The predicted octanol–water partition coefficient (Wildman–Crippen LogP) is 2.55. The van der Waals surface area contributed by atoms with Gasteiger partial charge in [0.15, 0.2) is 0 Å². The lowest BCUT2D eigenvalue weighted by atomic mass is 9.89. The van der Waals surface area contributed by atoms with Crippen molar-refractivity contribution < 1.29 is 14.6 Å². The highest BCUT2D eigenvalue weighted by molar-refractivity contribution is 8.00. The third kappa shape index (κ3) is 4.38. The van der Waals surface area contributed by atoms with E-state index in [1.54, 1.807) is 4.90 Å². The van der Waals surface area contributed by atoms with Crippen LogP contribution in [0.1, 0.15) is 26.7 Å². The third-order valence-electron chi connectivity index (χ3n) is 3.54. The van der Waals surface area contributed by atoms with Crippen LogP contribution in [-0.2, 0) is 4.79 Å². The molecule has 0 unspecified atom stereocenters. The standard InChI is InChI=1S/C16H23NO3S/c1-3-9-16(19)11-17(12-16)15(18)10-21-14-7-5-13(6-8-14)20-4-2/h5-8,19H,3-4,9-12H2,1-2H3. The zero-order valence-electron chi connectivity index (χ0n) is 12.7. The first-order chi connectivity index (χ1) is 10.1. The van der Waals surface area contributed by atoms with Crippen LogP contribution in [0.15, 0.2) is 29.2 Å². The van der Waals surface area contributed by atoms with E-state index >= 15 is 0 Å². The van der Waals surface area contributed by atoms with Crippen LogP contribution in [0.25, 0.3) is 0 Å². The number of hydrogen-bond donors (Lipinski definition) is 1. The molecule has 0 radical (unpaired) electrons. The highest BCUT2D eigenvalue weighted by Gasteiger charge is 2.42. The molecule has 0 saturated carbocycles. The number of aliphatic hydroxyl groups is 1. The van der Waals surface area contributed by atoms with Gasteiger partial charge in [-0.1, -0.05) is 13.3 Å². The van der Waals surface area contributed by atoms with E-state index in [1.807, 2.05) is 38.1 Å². The summed E-state index contributed by atoms with van der Waals surface area (Å²) in [4.78, 5) is 14.8. The fourth-order valence-corrected chi connectivity index (χ4v) is 3.30. The minimum atomic E-state index is -0.645. The highest BCUT2D eigenvalue weighted by atomic mass is 32.2. The first kappa shape index (κ1) is 16.2. The topological polar surface area (TPSA) is 49.8 Å². The average molecular weight is 309 g/mol. The molecule has 1 heterocycles. The molecule has 0 bridgehead atoms. The normalized spacial score (nSPS) is 16.4. The number of carbonyl (C=O) groups is 1. The Morgan fingerprint density at radius 3 is 2.57 bits per heavy atom. The molecule has 1 aliphatic rings. The first-order valence-electron chi connectivity index (χ1n) is 7.42. The molecule has 0 aliphatic carbocycles. The van der Waals surface area contributed by atoms with Crippen molar-refractivity contribution in [2.24, 2.45) is 0 Å². The van der Waals surface area contributed by atoms with Gasteiger partial charge >= 0.3 is 0 Å². The van der Waals surface area contributed by atoms with Gasteiger partial charge in [-0.3, -0.25) is 4.79 Å². The van der Waals surface area contributed by atoms with Crippen LogP contribution in [0, 0.1) is 0 Å². The van der Waals surface area contributed by atoms with Gasteiger partial charge in [0.2, 0.25) is 5.91 Å². The second kappa shape index (κ2) is 7.18. The summed E-state index contributed by atoms with van der Waals surface area (Å²) in [6.07, 6.45) is 1.71. The van der Waals surface area contributed by atoms with E-state index in [0.29, 0.717) is 25.4 Å². The maximum absolute atomic E-state index is 12.0. The lowest BCUT2D eigenvalue weighted by Crippen LogP contribution is -2.63. The number of benzene rings is 1. The molecule has 0 atom stereocenters. The number of likely N-dealkylation sites (tertiary alicyclic amines) is 1. The Hall–Kier alpha value is -1.20. The van der Waals surface area contributed by atoms with Crippen molar-refractivity contribution in [3.05, 3.63) is 24.3 Å². The first-order valence-corrected chi connectivity index (χ1v) is 8.40. The molecule has 1 saturated heterocycles. The van der Waals surface area contributed by atoms with E-state index in [-0.39, 0.29) is 5.91 Å². The van der Waals surface area contributed by atoms with E-state index in [2.05, 4.69) is 0 Å². The summed E-state index contributed by atoms with van der Waals surface area (Å²) in [5.41, 5.74) is -0.645. The summed E-state index contributed by atoms with van der Waals surface area (Å²) in [6, 6.07) is 7.76. The second-order valence-corrected chi connectivity index (χ2v) is 6.47. The zero-order valence-corrected chi connectivity index (χ0v) is 13.5. The Balaban J connectivity index is 1.75. The molecule has 5 heteroatoms. The van der Waals surface area contributed by atoms with Gasteiger partial charge in [-0.05, 0) is 37.6 Å². The van der Waals surface area contributed by atoms with E-state index in [4.69, 9.17) is 4.74 Å². The number of nitrogens with zero attached hydrogens (tertiary/aromatic N) is 1. The average Bonchev–Trinajstić information content (AvgIpc) is 2.44. The highest BCUT2D eigenvalue weighted by Crippen LogP contribution is 2.28. The lowest BCUT2D eigenvalue weighted by Gasteiger charge is -2.46. The zero-order chi connectivity index (χ0) is 15.3. The SMILES string of the molecule is CCCC1(O)CN(C(=O)CSc2ccc(OCC)cc2)C1. The Bertz CT molecular complexity index is 469. The molecule has 1 N–H and O–H groups in total. The van der Waals surface area contributed by atoms with Crippen LogP contribution in [0.3, 0.4) is 0 Å². The van der Waals surface area contributed by atoms with Crippen LogP contribution in [0.4, 0.5) is 0 Å². The number of ether oxygens (including phenoxy) is 1. The lowest BCUT2D eigenvalue weighted by molar-refractivity contribution is -0.153. The summed E-state index contributed by atoms with van der Waals surface area (Å²) < 4.78 is 5.38. The Morgan fingerprint density at radius 1 is 1.33 bits per heavy atom. The summed E-state index contributed by atoms with van der Waals surface area (Å²) in [5, 5.41) is 10.1. The van der Waals surface area contributed by atoms with Crippen molar-refractivity contribution in [3.63, 3.8) is 0 Å². The van der Waals surface area contributed by atoms with Gasteiger partial charge in [-0.15, -0.1) is 11.8 Å². The number of carbonyl (C=O) groups excluding carboxylic acids is 1. The van der Waals surface area contributed by atoms with Crippen LogP contribution in [0.5, 0.6) is 5.75 Å². The van der Waals surface area contributed by atoms with Gasteiger partial charge in [0.1, 0.15) is 5.75 Å². The maximum atomic E-state index is 12.0. The summed E-state index contributed by atoms with van der Waals surface area (Å²) >= 11 is 1.52. The van der Waals surface area contributed by atoms with Gasteiger partial charge < -0.3 is 14.7 Å². The van der Waals surface area contributed by atoms with Crippen LogP contribution in [-0.4, -0.2) is 47.0 Å². The maximum Gasteiger partial charge on any atom is 0.233 e. The molecule has 1 amide bonds. The largest absolute Gasteiger partial charge is 0.494 e. The number of amides is 1. The number of thioether (sulfide) groups is 1. The Morgan fingerprint density at radius 2 is 2.00 bits per heavy atom. The fraction of sp³-hybridized carbons (Fsp3) is 0.562. The molecule has 2 rings (SSSR count). The van der Waals surface area contributed by atoms with Crippen molar-refractivity contribution in [2.75, 3.05) is 25.4 Å². The summed E-state index contributed by atoms with van der Waals surface area (Å²) in [7, 11) is 0. The molecular weight excluding hydrogens is 286 g/mol. The minimum Gasteiger partial charge on any atom is -0.494 e.